The zero-order chi connectivity index (χ0) is 14.4. The summed E-state index contributed by atoms with van der Waals surface area (Å²) in [6.45, 7) is 4.01. The largest absolute Gasteiger partial charge is 0.381 e. The lowest BCUT2D eigenvalue weighted by molar-refractivity contribution is -0.137. The number of ether oxygens (including phenoxy) is 1. The van der Waals surface area contributed by atoms with Gasteiger partial charge in [-0.3, -0.25) is 4.79 Å². The van der Waals surface area contributed by atoms with Crippen LogP contribution in [0.1, 0.15) is 58.3 Å². The Morgan fingerprint density at radius 3 is 2.45 bits per heavy atom. The molecule has 0 aromatic heterocycles. The second kappa shape index (κ2) is 7.41. The first-order valence-electron chi connectivity index (χ1n) is 8.29. The molecule has 0 atom stereocenters. The Labute approximate surface area is 122 Å². The fraction of sp³-hybridized carbons (Fsp3) is 0.938. The van der Waals surface area contributed by atoms with Gasteiger partial charge in [-0.05, 0) is 44.4 Å². The highest BCUT2D eigenvalue weighted by Gasteiger charge is 2.39. The number of hydrogen-bond acceptors (Lipinski definition) is 3. The first-order chi connectivity index (χ1) is 9.70. The molecule has 1 amide bonds. The molecule has 0 radical (unpaired) electrons. The van der Waals surface area contributed by atoms with Crippen molar-refractivity contribution in [3.05, 3.63) is 0 Å². The van der Waals surface area contributed by atoms with Crippen molar-refractivity contribution in [1.82, 2.24) is 5.32 Å². The number of nitrogens with one attached hydrogen (secondary N) is 1. The molecule has 1 saturated carbocycles. The van der Waals surface area contributed by atoms with Gasteiger partial charge in [-0.15, -0.1) is 0 Å². The van der Waals surface area contributed by atoms with Crippen molar-refractivity contribution in [2.24, 2.45) is 17.1 Å². The molecule has 4 nitrogen and oxygen atoms in total. The maximum absolute atomic E-state index is 12.6. The van der Waals surface area contributed by atoms with Crippen molar-refractivity contribution in [3.63, 3.8) is 0 Å². The Balaban J connectivity index is 1.82. The van der Waals surface area contributed by atoms with Crippen LogP contribution >= 0.6 is 0 Å². The first kappa shape index (κ1) is 15.8. The molecule has 0 aromatic carbocycles. The van der Waals surface area contributed by atoms with Crippen LogP contribution in [0.5, 0.6) is 0 Å². The number of carbonyl (C=O) groups excluding carboxylic acids is 1. The fourth-order valence-corrected chi connectivity index (χ4v) is 3.63. The summed E-state index contributed by atoms with van der Waals surface area (Å²) >= 11 is 0. The molecule has 1 heterocycles. The van der Waals surface area contributed by atoms with E-state index in [0.717, 1.165) is 31.6 Å². The Hall–Kier alpha value is -0.610. The van der Waals surface area contributed by atoms with E-state index >= 15 is 0 Å². The van der Waals surface area contributed by atoms with Crippen LogP contribution in [0.25, 0.3) is 0 Å². The highest BCUT2D eigenvalue weighted by Crippen LogP contribution is 2.32. The molecule has 1 aliphatic carbocycles. The van der Waals surface area contributed by atoms with Crippen molar-refractivity contribution in [1.29, 1.82) is 0 Å². The molecule has 2 rings (SSSR count). The van der Waals surface area contributed by atoms with E-state index in [1.54, 1.807) is 0 Å². The number of amides is 1. The predicted octanol–water partition coefficient (Wildman–Crippen LogP) is 2.22. The van der Waals surface area contributed by atoms with Gasteiger partial charge in [0.25, 0.3) is 0 Å². The van der Waals surface area contributed by atoms with Crippen LogP contribution < -0.4 is 11.1 Å². The highest BCUT2D eigenvalue weighted by atomic mass is 16.5. The van der Waals surface area contributed by atoms with E-state index in [2.05, 4.69) is 12.2 Å². The molecule has 0 aromatic rings. The van der Waals surface area contributed by atoms with Gasteiger partial charge in [0.2, 0.25) is 5.91 Å². The molecular weight excluding hydrogens is 252 g/mol. The van der Waals surface area contributed by atoms with Crippen LogP contribution in [0, 0.1) is 11.3 Å². The van der Waals surface area contributed by atoms with Gasteiger partial charge in [0.1, 0.15) is 0 Å². The van der Waals surface area contributed by atoms with Crippen molar-refractivity contribution in [2.75, 3.05) is 19.8 Å². The highest BCUT2D eigenvalue weighted by molar-refractivity contribution is 5.83. The quantitative estimate of drug-likeness (QED) is 0.812. The van der Waals surface area contributed by atoms with Gasteiger partial charge in [0.05, 0.1) is 5.41 Å². The minimum absolute atomic E-state index is 0.169. The lowest BCUT2D eigenvalue weighted by Gasteiger charge is -2.37. The van der Waals surface area contributed by atoms with E-state index in [-0.39, 0.29) is 11.3 Å². The Morgan fingerprint density at radius 1 is 1.25 bits per heavy atom. The third-order valence-electron chi connectivity index (χ3n) is 5.20. The average molecular weight is 282 g/mol. The van der Waals surface area contributed by atoms with Crippen molar-refractivity contribution >= 4 is 5.91 Å². The lowest BCUT2D eigenvalue weighted by Crippen LogP contribution is -2.52. The summed E-state index contributed by atoms with van der Waals surface area (Å²) in [5.74, 6) is 1.04. The first-order valence-corrected chi connectivity index (χ1v) is 8.29. The zero-order valence-corrected chi connectivity index (χ0v) is 12.8. The van der Waals surface area contributed by atoms with Crippen LogP contribution in [0.15, 0.2) is 0 Å². The van der Waals surface area contributed by atoms with Crippen LogP contribution in [0.2, 0.25) is 0 Å². The van der Waals surface area contributed by atoms with E-state index in [1.165, 1.54) is 25.7 Å². The van der Waals surface area contributed by atoms with Crippen LogP contribution in [-0.2, 0) is 9.53 Å². The summed E-state index contributed by atoms with van der Waals surface area (Å²) in [4.78, 5) is 12.6. The second-order valence-corrected chi connectivity index (χ2v) is 6.58. The normalized spacial score (nSPS) is 29.9. The van der Waals surface area contributed by atoms with Crippen LogP contribution in [-0.4, -0.2) is 31.7 Å². The predicted molar refractivity (Wildman–Crippen MR) is 80.3 cm³/mol. The van der Waals surface area contributed by atoms with Crippen molar-refractivity contribution < 1.29 is 9.53 Å². The molecule has 20 heavy (non-hydrogen) atoms. The summed E-state index contributed by atoms with van der Waals surface area (Å²) in [7, 11) is 0. The second-order valence-electron chi connectivity index (χ2n) is 6.58. The van der Waals surface area contributed by atoms with E-state index in [9.17, 15) is 4.79 Å². The van der Waals surface area contributed by atoms with Gasteiger partial charge in [-0.25, -0.2) is 0 Å². The summed E-state index contributed by atoms with van der Waals surface area (Å²) in [6, 6.07) is 0.363. The van der Waals surface area contributed by atoms with Crippen molar-refractivity contribution in [3.8, 4) is 0 Å². The average Bonchev–Trinajstić information content (AvgIpc) is 2.50. The van der Waals surface area contributed by atoms with E-state index in [4.69, 9.17) is 10.5 Å². The Morgan fingerprint density at radius 2 is 1.90 bits per heavy atom. The number of rotatable bonds is 5. The summed E-state index contributed by atoms with van der Waals surface area (Å²) in [6.07, 6.45) is 8.93. The van der Waals surface area contributed by atoms with Gasteiger partial charge in [-0.2, -0.15) is 0 Å². The molecule has 0 spiro atoms. The summed E-state index contributed by atoms with van der Waals surface area (Å²) in [5, 5.41) is 3.27. The molecule has 1 aliphatic heterocycles. The molecule has 0 bridgehead atoms. The van der Waals surface area contributed by atoms with Crippen LogP contribution in [0.3, 0.4) is 0 Å². The topological polar surface area (TPSA) is 64.4 Å². The molecule has 1 saturated heterocycles. The van der Waals surface area contributed by atoms with Crippen molar-refractivity contribution in [2.45, 2.75) is 64.3 Å². The van der Waals surface area contributed by atoms with Gasteiger partial charge in [0.15, 0.2) is 0 Å². The standard InChI is InChI=1S/C16H30N2O2/c1-2-3-13-4-6-14(7-5-13)18-15(19)16(12-17)8-10-20-11-9-16/h13-14H,2-12,17H2,1H3,(H,18,19). The molecule has 3 N–H and O–H groups in total. The molecular formula is C16H30N2O2. The van der Waals surface area contributed by atoms with E-state index in [0.29, 0.717) is 25.8 Å². The van der Waals surface area contributed by atoms with Gasteiger partial charge in [0, 0.05) is 25.8 Å². The molecule has 2 aliphatic rings. The maximum atomic E-state index is 12.6. The smallest absolute Gasteiger partial charge is 0.227 e. The van der Waals surface area contributed by atoms with E-state index < -0.39 is 0 Å². The lowest BCUT2D eigenvalue weighted by atomic mass is 9.78. The fourth-order valence-electron chi connectivity index (χ4n) is 3.63. The molecule has 2 fully saturated rings. The number of nitrogens with two attached hydrogens (primary N) is 1. The summed E-state index contributed by atoms with van der Waals surface area (Å²) in [5.41, 5.74) is 5.51. The molecule has 116 valence electrons. The van der Waals surface area contributed by atoms with Gasteiger partial charge in [-0.1, -0.05) is 19.8 Å². The van der Waals surface area contributed by atoms with Crippen LogP contribution in [0.4, 0.5) is 0 Å². The molecule has 4 heteroatoms. The minimum atomic E-state index is -0.376. The molecule has 0 unspecified atom stereocenters. The number of hydrogen-bond donors (Lipinski definition) is 2. The third-order valence-corrected chi connectivity index (χ3v) is 5.20. The van der Waals surface area contributed by atoms with Gasteiger partial charge >= 0.3 is 0 Å². The number of carbonyl (C=O) groups is 1. The Kier molecular flexibility index (Phi) is 5.85. The zero-order valence-electron chi connectivity index (χ0n) is 12.8. The minimum Gasteiger partial charge on any atom is -0.381 e. The van der Waals surface area contributed by atoms with Gasteiger partial charge < -0.3 is 15.8 Å². The SMILES string of the molecule is CCCC1CCC(NC(=O)C2(CN)CCOCC2)CC1. The van der Waals surface area contributed by atoms with E-state index in [1.807, 2.05) is 0 Å². The monoisotopic (exact) mass is 282 g/mol. The maximum Gasteiger partial charge on any atom is 0.227 e. The third kappa shape index (κ3) is 3.73. The summed E-state index contributed by atoms with van der Waals surface area (Å²) < 4.78 is 5.37. The Bertz CT molecular complexity index is 306.